The van der Waals surface area contributed by atoms with Gasteiger partial charge in [-0.05, 0) is 24.1 Å². The molecule has 0 radical (unpaired) electrons. The maximum Gasteiger partial charge on any atom is 0.356 e. The summed E-state index contributed by atoms with van der Waals surface area (Å²) in [6.45, 7) is 1.71. The minimum absolute atomic E-state index is 0.140. The summed E-state index contributed by atoms with van der Waals surface area (Å²) in [5, 5.41) is 26.1. The second-order valence-electron chi connectivity index (χ2n) is 6.31. The van der Waals surface area contributed by atoms with Gasteiger partial charge in [-0.2, -0.15) is 5.10 Å². The monoisotopic (exact) mass is 352 g/mol. The highest BCUT2D eigenvalue weighted by atomic mass is 16.4. The van der Waals surface area contributed by atoms with Crippen molar-refractivity contribution in [3.8, 4) is 0 Å². The number of benzene rings is 1. The molecule has 0 saturated heterocycles. The van der Waals surface area contributed by atoms with Gasteiger partial charge in [0.25, 0.3) is 5.91 Å². The van der Waals surface area contributed by atoms with Crippen LogP contribution in [0.25, 0.3) is 5.65 Å². The van der Waals surface area contributed by atoms with Gasteiger partial charge in [-0.3, -0.25) is 4.79 Å². The number of carbonyl (C=O) groups excluding carboxylic acids is 1. The lowest BCUT2D eigenvalue weighted by Gasteiger charge is -2.18. The summed E-state index contributed by atoms with van der Waals surface area (Å²) < 4.78 is 1.37. The number of carboxylic acids is 1. The molecule has 0 bridgehead atoms. The largest absolute Gasteiger partial charge is 0.476 e. The van der Waals surface area contributed by atoms with Crippen molar-refractivity contribution in [3.05, 3.63) is 64.6 Å². The highest BCUT2D eigenvalue weighted by Gasteiger charge is 2.32. The van der Waals surface area contributed by atoms with Gasteiger partial charge in [0.05, 0.1) is 12.1 Å². The van der Waals surface area contributed by atoms with Crippen LogP contribution in [0.15, 0.2) is 36.4 Å². The SMILES string of the molecule is Cc1cc(C(=O)NC2c3ccccc3CC2O)nc2cc(C(=O)O)nn12. The van der Waals surface area contributed by atoms with Crippen molar-refractivity contribution < 1.29 is 19.8 Å². The zero-order chi connectivity index (χ0) is 18.4. The molecule has 2 unspecified atom stereocenters. The van der Waals surface area contributed by atoms with Crippen molar-refractivity contribution in [2.24, 2.45) is 0 Å². The molecule has 2 heterocycles. The number of nitrogens with one attached hydrogen (secondary N) is 1. The van der Waals surface area contributed by atoms with E-state index in [1.807, 2.05) is 24.3 Å². The Balaban J connectivity index is 1.65. The molecule has 3 N–H and O–H groups in total. The van der Waals surface area contributed by atoms with E-state index in [2.05, 4.69) is 15.4 Å². The van der Waals surface area contributed by atoms with Gasteiger partial charge in [0, 0.05) is 18.2 Å². The summed E-state index contributed by atoms with van der Waals surface area (Å²) in [5.74, 6) is -1.60. The van der Waals surface area contributed by atoms with Crippen LogP contribution >= 0.6 is 0 Å². The third kappa shape index (κ3) is 2.60. The van der Waals surface area contributed by atoms with Gasteiger partial charge >= 0.3 is 5.97 Å². The number of aromatic carboxylic acids is 1. The highest BCUT2D eigenvalue weighted by Crippen LogP contribution is 2.31. The Kier molecular flexibility index (Phi) is 3.69. The van der Waals surface area contributed by atoms with Crippen LogP contribution in [0.4, 0.5) is 0 Å². The van der Waals surface area contributed by atoms with Crippen molar-refractivity contribution in [2.45, 2.75) is 25.5 Å². The van der Waals surface area contributed by atoms with Gasteiger partial charge < -0.3 is 15.5 Å². The van der Waals surface area contributed by atoms with Gasteiger partial charge in [-0.1, -0.05) is 24.3 Å². The van der Waals surface area contributed by atoms with E-state index in [9.17, 15) is 14.7 Å². The van der Waals surface area contributed by atoms with Gasteiger partial charge in [0.2, 0.25) is 0 Å². The summed E-state index contributed by atoms with van der Waals surface area (Å²) in [7, 11) is 0. The third-order valence-corrected chi connectivity index (χ3v) is 4.55. The van der Waals surface area contributed by atoms with Crippen molar-refractivity contribution in [3.63, 3.8) is 0 Å². The van der Waals surface area contributed by atoms with Crippen LogP contribution in [0, 0.1) is 6.92 Å². The molecule has 1 aliphatic rings. The lowest BCUT2D eigenvalue weighted by molar-refractivity contribution is 0.0689. The van der Waals surface area contributed by atoms with Crippen molar-refractivity contribution in [1.82, 2.24) is 19.9 Å². The average molecular weight is 352 g/mol. The van der Waals surface area contributed by atoms with Crippen LogP contribution in [0.5, 0.6) is 0 Å². The number of aliphatic hydroxyl groups is 1. The molecule has 1 aromatic carbocycles. The summed E-state index contributed by atoms with van der Waals surface area (Å²) >= 11 is 0. The second kappa shape index (κ2) is 5.92. The van der Waals surface area contributed by atoms with Crippen LogP contribution in [0.1, 0.15) is 43.8 Å². The Bertz CT molecular complexity index is 1040. The molecule has 1 aliphatic carbocycles. The molecule has 3 aromatic rings. The summed E-state index contributed by atoms with van der Waals surface area (Å²) in [6.07, 6.45) is -0.216. The van der Waals surface area contributed by atoms with Gasteiger partial charge in [-0.25, -0.2) is 14.3 Å². The van der Waals surface area contributed by atoms with E-state index in [1.54, 1.807) is 6.92 Å². The Morgan fingerprint density at radius 1 is 1.23 bits per heavy atom. The average Bonchev–Trinajstić information content (AvgIpc) is 3.17. The molecule has 0 aliphatic heterocycles. The number of rotatable bonds is 3. The number of carboxylic acid groups (broad SMARTS) is 1. The fraction of sp³-hybridized carbons (Fsp3) is 0.222. The lowest BCUT2D eigenvalue weighted by atomic mass is 10.1. The first-order valence-electron chi connectivity index (χ1n) is 8.11. The molecule has 4 rings (SSSR count). The van der Waals surface area contributed by atoms with E-state index in [0.717, 1.165) is 11.1 Å². The first-order chi connectivity index (χ1) is 12.4. The maximum atomic E-state index is 12.7. The molecule has 2 aromatic heterocycles. The minimum Gasteiger partial charge on any atom is -0.476 e. The number of fused-ring (bicyclic) bond motifs is 2. The van der Waals surface area contributed by atoms with E-state index >= 15 is 0 Å². The Morgan fingerprint density at radius 3 is 2.77 bits per heavy atom. The molecule has 0 spiro atoms. The van der Waals surface area contributed by atoms with Crippen LogP contribution < -0.4 is 5.32 Å². The van der Waals surface area contributed by atoms with Crippen LogP contribution in [-0.4, -0.2) is 42.8 Å². The van der Waals surface area contributed by atoms with Crippen molar-refractivity contribution in [1.29, 1.82) is 0 Å². The molecule has 26 heavy (non-hydrogen) atoms. The number of amides is 1. The fourth-order valence-corrected chi connectivity index (χ4v) is 3.31. The summed E-state index contributed by atoms with van der Waals surface area (Å²) in [5.41, 5.74) is 2.76. The fourth-order valence-electron chi connectivity index (χ4n) is 3.31. The molecular formula is C18H16N4O4. The number of hydrogen-bond acceptors (Lipinski definition) is 5. The number of nitrogens with zero attached hydrogens (tertiary/aromatic N) is 3. The van der Waals surface area contributed by atoms with Gasteiger partial charge in [-0.15, -0.1) is 0 Å². The van der Waals surface area contributed by atoms with Crippen molar-refractivity contribution >= 4 is 17.5 Å². The van der Waals surface area contributed by atoms with Gasteiger partial charge in [0.1, 0.15) is 5.69 Å². The first kappa shape index (κ1) is 16.2. The number of aromatic nitrogens is 3. The normalized spacial score (nSPS) is 18.7. The standard InChI is InChI=1S/C18H16N4O4/c1-9-6-12(19-15-8-13(18(25)26)21-22(9)15)17(24)20-16-11-5-3-2-4-10(11)7-14(16)23/h2-6,8,14,16,23H,7H2,1H3,(H,20,24)(H,25,26). The van der Waals surface area contributed by atoms with Crippen LogP contribution in [0.3, 0.4) is 0 Å². The van der Waals surface area contributed by atoms with Crippen molar-refractivity contribution in [2.75, 3.05) is 0 Å². The Hall–Kier alpha value is -3.26. The number of aryl methyl sites for hydroxylation is 1. The quantitative estimate of drug-likeness (QED) is 0.650. The molecule has 0 fully saturated rings. The number of aliphatic hydroxyl groups excluding tert-OH is 1. The third-order valence-electron chi connectivity index (χ3n) is 4.55. The van der Waals surface area contributed by atoms with E-state index in [1.165, 1.54) is 16.6 Å². The smallest absolute Gasteiger partial charge is 0.356 e. The summed E-state index contributed by atoms with van der Waals surface area (Å²) in [6, 6.07) is 9.92. The van der Waals surface area contributed by atoms with Crippen LogP contribution in [0.2, 0.25) is 0 Å². The molecular weight excluding hydrogens is 336 g/mol. The first-order valence-corrected chi connectivity index (χ1v) is 8.11. The lowest BCUT2D eigenvalue weighted by Crippen LogP contribution is -2.34. The summed E-state index contributed by atoms with van der Waals surface area (Å²) in [4.78, 5) is 27.9. The predicted molar refractivity (Wildman–Crippen MR) is 91.0 cm³/mol. The zero-order valence-corrected chi connectivity index (χ0v) is 13.9. The van der Waals surface area contributed by atoms with Crippen LogP contribution in [-0.2, 0) is 6.42 Å². The van der Waals surface area contributed by atoms with E-state index in [-0.39, 0.29) is 17.0 Å². The van der Waals surface area contributed by atoms with E-state index in [0.29, 0.717) is 12.1 Å². The van der Waals surface area contributed by atoms with E-state index < -0.39 is 24.0 Å². The molecule has 2 atom stereocenters. The van der Waals surface area contributed by atoms with Gasteiger partial charge in [0.15, 0.2) is 11.3 Å². The predicted octanol–water partition coefficient (Wildman–Crippen LogP) is 1.12. The topological polar surface area (TPSA) is 117 Å². The van der Waals surface area contributed by atoms with E-state index in [4.69, 9.17) is 5.11 Å². The maximum absolute atomic E-state index is 12.7. The number of hydrogen-bond donors (Lipinski definition) is 3. The number of carbonyl (C=O) groups is 2. The minimum atomic E-state index is -1.16. The molecule has 8 heteroatoms. The zero-order valence-electron chi connectivity index (χ0n) is 13.9. The highest BCUT2D eigenvalue weighted by molar-refractivity contribution is 5.93. The molecule has 132 valence electrons. The molecule has 1 amide bonds. The molecule has 0 saturated carbocycles. The molecule has 8 nitrogen and oxygen atoms in total. The Morgan fingerprint density at radius 2 is 2.00 bits per heavy atom. The Labute approximate surface area is 148 Å². The second-order valence-corrected chi connectivity index (χ2v) is 6.31.